The van der Waals surface area contributed by atoms with Crippen molar-refractivity contribution in [3.05, 3.63) is 52.9 Å². The highest BCUT2D eigenvalue weighted by atomic mass is 35.5. The van der Waals surface area contributed by atoms with Crippen molar-refractivity contribution >= 4 is 11.6 Å². The SMILES string of the molecule is CCOc1ccc(C(O)c2ccoc2Cl)cc1. The summed E-state index contributed by atoms with van der Waals surface area (Å²) in [6.07, 6.45) is 0.673. The minimum atomic E-state index is -0.781. The van der Waals surface area contributed by atoms with E-state index in [0.717, 1.165) is 11.3 Å². The summed E-state index contributed by atoms with van der Waals surface area (Å²) in [6.45, 7) is 2.55. The van der Waals surface area contributed by atoms with E-state index in [9.17, 15) is 5.11 Å². The molecule has 1 N–H and O–H groups in total. The molecule has 2 rings (SSSR count). The van der Waals surface area contributed by atoms with Gasteiger partial charge in [-0.1, -0.05) is 12.1 Å². The molecule has 0 saturated heterocycles. The van der Waals surface area contributed by atoms with Crippen LogP contribution >= 0.6 is 11.6 Å². The Balaban J connectivity index is 2.20. The van der Waals surface area contributed by atoms with Crippen LogP contribution in [-0.2, 0) is 0 Å². The lowest BCUT2D eigenvalue weighted by atomic mass is 10.0. The molecule has 1 heterocycles. The summed E-state index contributed by atoms with van der Waals surface area (Å²) in [5.74, 6) is 0.779. The second-order valence-corrected chi connectivity index (χ2v) is 3.90. The lowest BCUT2D eigenvalue weighted by molar-refractivity contribution is 0.219. The number of benzene rings is 1. The Hall–Kier alpha value is -1.45. The van der Waals surface area contributed by atoms with Crippen molar-refractivity contribution in [1.82, 2.24) is 0 Å². The number of furan rings is 1. The maximum absolute atomic E-state index is 10.1. The highest BCUT2D eigenvalue weighted by Crippen LogP contribution is 2.29. The maximum atomic E-state index is 10.1. The minimum Gasteiger partial charge on any atom is -0.494 e. The fourth-order valence-corrected chi connectivity index (χ4v) is 1.81. The van der Waals surface area contributed by atoms with Crippen LogP contribution < -0.4 is 4.74 Å². The summed E-state index contributed by atoms with van der Waals surface area (Å²) in [4.78, 5) is 0. The molecule has 0 saturated carbocycles. The standard InChI is InChI=1S/C13H13ClO3/c1-2-16-10-5-3-9(4-6-10)12(15)11-7-8-17-13(11)14/h3-8,12,15H,2H2,1H3. The van der Waals surface area contributed by atoms with Crippen molar-refractivity contribution in [2.24, 2.45) is 0 Å². The van der Waals surface area contributed by atoms with Gasteiger partial charge in [0.1, 0.15) is 11.9 Å². The molecule has 0 amide bonds. The van der Waals surface area contributed by atoms with Gasteiger partial charge in [0.2, 0.25) is 0 Å². The lowest BCUT2D eigenvalue weighted by Gasteiger charge is -2.10. The molecule has 17 heavy (non-hydrogen) atoms. The zero-order chi connectivity index (χ0) is 12.3. The number of rotatable bonds is 4. The van der Waals surface area contributed by atoms with E-state index in [2.05, 4.69) is 0 Å². The molecule has 90 valence electrons. The molecule has 1 aromatic carbocycles. The van der Waals surface area contributed by atoms with E-state index in [4.69, 9.17) is 20.8 Å². The molecule has 3 nitrogen and oxygen atoms in total. The third-order valence-electron chi connectivity index (χ3n) is 2.45. The monoisotopic (exact) mass is 252 g/mol. The van der Waals surface area contributed by atoms with Crippen molar-refractivity contribution in [1.29, 1.82) is 0 Å². The first kappa shape index (κ1) is 12.0. The predicted octanol–water partition coefficient (Wildman–Crippen LogP) is 3.41. The molecule has 1 atom stereocenters. The van der Waals surface area contributed by atoms with Crippen LogP contribution in [0, 0.1) is 0 Å². The molecule has 0 aliphatic carbocycles. The number of hydrogen-bond donors (Lipinski definition) is 1. The molecular formula is C13H13ClO3. The Kier molecular flexibility index (Phi) is 3.71. The number of aliphatic hydroxyl groups is 1. The summed E-state index contributed by atoms with van der Waals surface area (Å²) >= 11 is 5.81. The topological polar surface area (TPSA) is 42.6 Å². The van der Waals surface area contributed by atoms with Gasteiger partial charge in [-0.15, -0.1) is 0 Å². The van der Waals surface area contributed by atoms with Crippen LogP contribution in [0.15, 0.2) is 41.0 Å². The Labute approximate surface area is 105 Å². The van der Waals surface area contributed by atoms with Crippen LogP contribution in [0.25, 0.3) is 0 Å². The van der Waals surface area contributed by atoms with E-state index in [1.165, 1.54) is 6.26 Å². The summed E-state index contributed by atoms with van der Waals surface area (Å²) < 4.78 is 10.3. The number of aliphatic hydroxyl groups excluding tert-OH is 1. The Morgan fingerprint density at radius 1 is 1.29 bits per heavy atom. The number of ether oxygens (including phenoxy) is 1. The van der Waals surface area contributed by atoms with E-state index < -0.39 is 6.10 Å². The number of hydrogen-bond acceptors (Lipinski definition) is 3. The van der Waals surface area contributed by atoms with E-state index >= 15 is 0 Å². The first-order chi connectivity index (χ1) is 8.22. The molecule has 1 aromatic heterocycles. The van der Waals surface area contributed by atoms with Gasteiger partial charge in [0.15, 0.2) is 5.22 Å². The molecule has 0 bridgehead atoms. The molecule has 0 radical (unpaired) electrons. The molecule has 1 unspecified atom stereocenters. The van der Waals surface area contributed by atoms with Gasteiger partial charge in [-0.3, -0.25) is 0 Å². The van der Waals surface area contributed by atoms with Gasteiger partial charge in [-0.2, -0.15) is 0 Å². The van der Waals surface area contributed by atoms with Crippen molar-refractivity contribution in [3.63, 3.8) is 0 Å². The zero-order valence-electron chi connectivity index (χ0n) is 9.39. The van der Waals surface area contributed by atoms with Crippen molar-refractivity contribution in [2.45, 2.75) is 13.0 Å². The first-order valence-electron chi connectivity index (χ1n) is 5.36. The van der Waals surface area contributed by atoms with Crippen LogP contribution in [0.3, 0.4) is 0 Å². The van der Waals surface area contributed by atoms with Crippen molar-refractivity contribution in [2.75, 3.05) is 6.61 Å². The zero-order valence-corrected chi connectivity index (χ0v) is 10.1. The highest BCUT2D eigenvalue weighted by molar-refractivity contribution is 6.29. The van der Waals surface area contributed by atoms with Crippen molar-refractivity contribution in [3.8, 4) is 5.75 Å². The third-order valence-corrected chi connectivity index (χ3v) is 2.75. The van der Waals surface area contributed by atoms with Crippen LogP contribution in [0.2, 0.25) is 5.22 Å². The van der Waals surface area contributed by atoms with Gasteiger partial charge in [0.05, 0.1) is 12.9 Å². The molecule has 0 spiro atoms. The molecule has 2 aromatic rings. The summed E-state index contributed by atoms with van der Waals surface area (Å²) in [6, 6.07) is 8.90. The first-order valence-corrected chi connectivity index (χ1v) is 5.74. The summed E-state index contributed by atoms with van der Waals surface area (Å²) in [7, 11) is 0. The normalized spacial score (nSPS) is 12.4. The molecular weight excluding hydrogens is 240 g/mol. The second-order valence-electron chi connectivity index (χ2n) is 3.55. The average Bonchev–Trinajstić information content (AvgIpc) is 2.76. The maximum Gasteiger partial charge on any atom is 0.199 e. The Bertz CT molecular complexity index is 476. The highest BCUT2D eigenvalue weighted by Gasteiger charge is 2.15. The largest absolute Gasteiger partial charge is 0.494 e. The minimum absolute atomic E-state index is 0.214. The van der Waals surface area contributed by atoms with Crippen LogP contribution in [-0.4, -0.2) is 11.7 Å². The lowest BCUT2D eigenvalue weighted by Crippen LogP contribution is -1.99. The predicted molar refractivity (Wildman–Crippen MR) is 65.4 cm³/mol. The summed E-state index contributed by atoms with van der Waals surface area (Å²) in [5.41, 5.74) is 1.31. The van der Waals surface area contributed by atoms with E-state index in [1.54, 1.807) is 18.2 Å². The van der Waals surface area contributed by atoms with Crippen molar-refractivity contribution < 1.29 is 14.3 Å². The van der Waals surface area contributed by atoms with Gasteiger partial charge in [0.25, 0.3) is 0 Å². The van der Waals surface area contributed by atoms with Gasteiger partial charge in [-0.25, -0.2) is 0 Å². The summed E-state index contributed by atoms with van der Waals surface area (Å²) in [5, 5.41) is 10.3. The Morgan fingerprint density at radius 2 is 2.00 bits per heavy atom. The third kappa shape index (κ3) is 2.62. The van der Waals surface area contributed by atoms with E-state index in [0.29, 0.717) is 12.2 Å². The van der Waals surface area contributed by atoms with E-state index in [-0.39, 0.29) is 5.22 Å². The van der Waals surface area contributed by atoms with Crippen LogP contribution in [0.4, 0.5) is 0 Å². The van der Waals surface area contributed by atoms with E-state index in [1.807, 2.05) is 19.1 Å². The number of halogens is 1. The van der Waals surface area contributed by atoms with Gasteiger partial charge >= 0.3 is 0 Å². The van der Waals surface area contributed by atoms with Gasteiger partial charge in [-0.05, 0) is 42.3 Å². The fourth-order valence-electron chi connectivity index (χ4n) is 1.59. The smallest absolute Gasteiger partial charge is 0.199 e. The molecule has 0 aliphatic rings. The average molecular weight is 253 g/mol. The quantitative estimate of drug-likeness (QED) is 0.907. The van der Waals surface area contributed by atoms with Gasteiger partial charge in [0, 0.05) is 5.56 Å². The van der Waals surface area contributed by atoms with Crippen LogP contribution in [0.1, 0.15) is 24.2 Å². The Morgan fingerprint density at radius 3 is 2.53 bits per heavy atom. The van der Waals surface area contributed by atoms with Gasteiger partial charge < -0.3 is 14.3 Å². The fraction of sp³-hybridized carbons (Fsp3) is 0.231. The molecule has 0 aliphatic heterocycles. The van der Waals surface area contributed by atoms with Crippen LogP contribution in [0.5, 0.6) is 5.75 Å². The molecule has 4 heteroatoms. The second kappa shape index (κ2) is 5.25. The molecule has 0 fully saturated rings.